The van der Waals surface area contributed by atoms with E-state index >= 15 is 0 Å². The van der Waals surface area contributed by atoms with Gasteiger partial charge in [0.15, 0.2) is 0 Å². The second-order valence-electron chi connectivity index (χ2n) is 5.70. The summed E-state index contributed by atoms with van der Waals surface area (Å²) in [6.07, 6.45) is 0. The van der Waals surface area contributed by atoms with Gasteiger partial charge in [0, 0.05) is 25.2 Å². The molecule has 0 bridgehead atoms. The molecule has 0 aliphatic carbocycles. The second-order valence-corrected chi connectivity index (χ2v) is 6.55. The van der Waals surface area contributed by atoms with E-state index in [0.717, 1.165) is 21.3 Å². The van der Waals surface area contributed by atoms with Crippen LogP contribution >= 0.6 is 15.9 Å². The van der Waals surface area contributed by atoms with Gasteiger partial charge in [-0.3, -0.25) is 4.79 Å². The molecular weight excluding hydrogens is 398 g/mol. The number of carbonyl (C=O) groups excluding carboxylic acids is 2. The van der Waals surface area contributed by atoms with Gasteiger partial charge in [0.05, 0.1) is 11.6 Å². The number of halogens is 1. The summed E-state index contributed by atoms with van der Waals surface area (Å²) in [4.78, 5) is 23.7. The van der Waals surface area contributed by atoms with Crippen LogP contribution in [0.5, 0.6) is 5.75 Å². The van der Waals surface area contributed by atoms with E-state index in [1.54, 1.807) is 19.2 Å². The average molecular weight is 420 g/mol. The average Bonchev–Trinajstić information content (AvgIpc) is 2.64. The molecule has 0 saturated carbocycles. The lowest BCUT2D eigenvalue weighted by atomic mass is 10.1. The van der Waals surface area contributed by atoms with Gasteiger partial charge >= 0.3 is 6.03 Å². The highest BCUT2D eigenvalue weighted by molar-refractivity contribution is 9.10. The minimum absolute atomic E-state index is 0.157. The van der Waals surface area contributed by atoms with E-state index in [-0.39, 0.29) is 11.9 Å². The minimum atomic E-state index is -0.290. The Morgan fingerprint density at radius 1 is 1.00 bits per heavy atom. The number of hydrogen-bond acceptors (Lipinski definition) is 3. The van der Waals surface area contributed by atoms with Crippen molar-refractivity contribution < 1.29 is 14.3 Å². The van der Waals surface area contributed by atoms with Crippen molar-refractivity contribution >= 4 is 27.9 Å². The minimum Gasteiger partial charge on any atom is -0.496 e. The molecule has 0 heterocycles. The summed E-state index contributed by atoms with van der Waals surface area (Å²) in [5.74, 6) is 0.581. The van der Waals surface area contributed by atoms with Crippen LogP contribution in [-0.4, -0.2) is 32.1 Å². The molecule has 3 N–H and O–H groups in total. The maximum atomic E-state index is 11.9. The fraction of sp³-hybridized carbons (Fsp3) is 0.263. The molecule has 6 nitrogen and oxygen atoms in total. The Hall–Kier alpha value is -2.54. The molecule has 138 valence electrons. The van der Waals surface area contributed by atoms with Crippen LogP contribution in [0.4, 0.5) is 4.79 Å². The zero-order valence-electron chi connectivity index (χ0n) is 14.8. The Labute approximate surface area is 161 Å². The lowest BCUT2D eigenvalue weighted by Crippen LogP contribution is -2.40. The zero-order chi connectivity index (χ0) is 18.9. The number of aryl methyl sites for hydroxylation is 1. The lowest BCUT2D eigenvalue weighted by Gasteiger charge is -2.10. The first-order valence-corrected chi connectivity index (χ1v) is 8.98. The van der Waals surface area contributed by atoms with Crippen molar-refractivity contribution in [2.24, 2.45) is 0 Å². The predicted octanol–water partition coefficient (Wildman–Crippen LogP) is 3.00. The molecule has 2 rings (SSSR count). The normalized spacial score (nSPS) is 10.1. The maximum absolute atomic E-state index is 11.9. The Bertz CT molecular complexity index is 763. The van der Waals surface area contributed by atoms with Gasteiger partial charge in [0.1, 0.15) is 5.75 Å². The van der Waals surface area contributed by atoms with Crippen molar-refractivity contribution in [2.45, 2.75) is 13.5 Å². The van der Waals surface area contributed by atoms with Crippen molar-refractivity contribution in [1.29, 1.82) is 0 Å². The van der Waals surface area contributed by atoms with E-state index in [1.165, 1.54) is 0 Å². The monoisotopic (exact) mass is 419 g/mol. The van der Waals surface area contributed by atoms with Gasteiger partial charge < -0.3 is 20.7 Å². The Kier molecular flexibility index (Phi) is 7.47. The van der Waals surface area contributed by atoms with Crippen molar-refractivity contribution in [3.05, 3.63) is 63.6 Å². The molecule has 0 saturated heterocycles. The van der Waals surface area contributed by atoms with Crippen LogP contribution in [0.3, 0.4) is 0 Å². The van der Waals surface area contributed by atoms with Gasteiger partial charge in [-0.1, -0.05) is 23.8 Å². The fourth-order valence-corrected chi connectivity index (χ4v) is 2.81. The maximum Gasteiger partial charge on any atom is 0.315 e. The van der Waals surface area contributed by atoms with E-state index in [2.05, 4.69) is 31.9 Å². The number of carbonyl (C=O) groups is 2. The van der Waals surface area contributed by atoms with Crippen molar-refractivity contribution in [1.82, 2.24) is 16.0 Å². The van der Waals surface area contributed by atoms with E-state index in [9.17, 15) is 9.59 Å². The first-order chi connectivity index (χ1) is 12.5. The number of amides is 3. The molecule has 7 heteroatoms. The van der Waals surface area contributed by atoms with Gasteiger partial charge in [-0.2, -0.15) is 0 Å². The van der Waals surface area contributed by atoms with Gasteiger partial charge in [0.2, 0.25) is 0 Å². The lowest BCUT2D eigenvalue weighted by molar-refractivity contribution is 0.0954. The molecule has 0 fully saturated rings. The van der Waals surface area contributed by atoms with Crippen LogP contribution in [0.2, 0.25) is 0 Å². The second kappa shape index (κ2) is 9.82. The van der Waals surface area contributed by atoms with E-state index in [0.29, 0.717) is 25.2 Å². The zero-order valence-corrected chi connectivity index (χ0v) is 16.4. The van der Waals surface area contributed by atoms with Gasteiger partial charge in [-0.15, -0.1) is 0 Å². The summed E-state index contributed by atoms with van der Waals surface area (Å²) in [7, 11) is 1.60. The summed E-state index contributed by atoms with van der Waals surface area (Å²) in [6.45, 7) is 3.06. The van der Waals surface area contributed by atoms with E-state index < -0.39 is 0 Å². The standard InChI is InChI=1S/C19H22BrN3O3/c1-13-3-6-15(7-4-13)18(24)21-9-10-22-19(25)23-12-14-5-8-17(26-2)16(20)11-14/h3-8,11H,9-10,12H2,1-2H3,(H,21,24)(H2,22,23,25). The molecule has 2 aromatic carbocycles. The van der Waals surface area contributed by atoms with Crippen molar-refractivity contribution in [3.8, 4) is 5.75 Å². The first kappa shape index (κ1) is 19.8. The third-order valence-corrected chi connectivity index (χ3v) is 4.30. The molecule has 0 aliphatic heterocycles. The van der Waals surface area contributed by atoms with E-state index in [1.807, 2.05) is 37.3 Å². The number of nitrogens with one attached hydrogen (secondary N) is 3. The molecule has 0 aromatic heterocycles. The molecule has 0 spiro atoms. The van der Waals surface area contributed by atoms with Crippen LogP contribution in [0.25, 0.3) is 0 Å². The van der Waals surface area contributed by atoms with Gasteiger partial charge in [-0.05, 0) is 52.7 Å². The number of ether oxygens (including phenoxy) is 1. The molecule has 3 amide bonds. The third kappa shape index (κ3) is 6.07. The SMILES string of the molecule is COc1ccc(CNC(=O)NCCNC(=O)c2ccc(C)cc2)cc1Br. The number of rotatable bonds is 7. The molecule has 2 aromatic rings. The highest BCUT2D eigenvalue weighted by Crippen LogP contribution is 2.25. The molecule has 0 atom stereocenters. The van der Waals surface area contributed by atoms with Crippen LogP contribution in [-0.2, 0) is 6.54 Å². The predicted molar refractivity (Wildman–Crippen MR) is 104 cm³/mol. The summed E-state index contributed by atoms with van der Waals surface area (Å²) >= 11 is 3.41. The largest absolute Gasteiger partial charge is 0.496 e. The number of methoxy groups -OCH3 is 1. The van der Waals surface area contributed by atoms with Crippen molar-refractivity contribution in [3.63, 3.8) is 0 Å². The molecule has 0 unspecified atom stereocenters. The van der Waals surface area contributed by atoms with Gasteiger partial charge in [0.25, 0.3) is 5.91 Å². The Morgan fingerprint density at radius 2 is 1.69 bits per heavy atom. The van der Waals surface area contributed by atoms with Crippen LogP contribution < -0.4 is 20.7 Å². The van der Waals surface area contributed by atoms with Crippen LogP contribution in [0.1, 0.15) is 21.5 Å². The number of benzene rings is 2. The van der Waals surface area contributed by atoms with E-state index in [4.69, 9.17) is 4.74 Å². The topological polar surface area (TPSA) is 79.5 Å². The van der Waals surface area contributed by atoms with Gasteiger partial charge in [-0.25, -0.2) is 4.79 Å². The first-order valence-electron chi connectivity index (χ1n) is 8.18. The molecule has 0 aliphatic rings. The third-order valence-electron chi connectivity index (χ3n) is 3.68. The summed E-state index contributed by atoms with van der Waals surface area (Å²) < 4.78 is 6.00. The summed E-state index contributed by atoms with van der Waals surface area (Å²) in [5.41, 5.74) is 2.65. The number of urea groups is 1. The van der Waals surface area contributed by atoms with Crippen molar-refractivity contribution in [2.75, 3.05) is 20.2 Å². The molecular formula is C19H22BrN3O3. The van der Waals surface area contributed by atoms with Crippen LogP contribution in [0.15, 0.2) is 46.9 Å². The molecule has 26 heavy (non-hydrogen) atoms. The Morgan fingerprint density at radius 3 is 2.35 bits per heavy atom. The highest BCUT2D eigenvalue weighted by atomic mass is 79.9. The molecule has 0 radical (unpaired) electrons. The summed E-state index contributed by atoms with van der Waals surface area (Å²) in [6, 6.07) is 12.6. The van der Waals surface area contributed by atoms with Crippen LogP contribution in [0, 0.1) is 6.92 Å². The summed E-state index contributed by atoms with van der Waals surface area (Å²) in [5, 5.41) is 8.24. The smallest absolute Gasteiger partial charge is 0.315 e. The Balaban J connectivity index is 1.66. The fourth-order valence-electron chi connectivity index (χ4n) is 2.22. The number of hydrogen-bond donors (Lipinski definition) is 3. The quantitative estimate of drug-likeness (QED) is 0.603. The highest BCUT2D eigenvalue weighted by Gasteiger charge is 2.06.